The van der Waals surface area contributed by atoms with E-state index in [0.717, 1.165) is 16.5 Å². The normalized spacial score (nSPS) is 11.0. The number of oxime groups is 1. The highest BCUT2D eigenvalue weighted by Gasteiger charge is 2.01. The van der Waals surface area contributed by atoms with Crippen LogP contribution in [0.4, 0.5) is 0 Å². The lowest BCUT2D eigenvalue weighted by Gasteiger charge is -2.03. The number of hydrogen-bond acceptors (Lipinski definition) is 4. The van der Waals surface area contributed by atoms with Crippen molar-refractivity contribution in [1.29, 1.82) is 0 Å². The van der Waals surface area contributed by atoms with Crippen molar-refractivity contribution in [2.75, 3.05) is 7.11 Å². The van der Waals surface area contributed by atoms with Crippen molar-refractivity contribution in [3.63, 3.8) is 0 Å². The monoisotopic (exact) mass is 202 g/mol. The molecule has 0 amide bonds. The lowest BCUT2D eigenvalue weighted by atomic mass is 10.1. The minimum Gasteiger partial charge on any atom is -0.497 e. The standard InChI is InChI=1S/C11H10N2O2/c1-15-9-3-2-8-4-5-12-11(7-13-14)10(8)6-9/h2-7,14H,1H3/b13-7-. The number of pyridine rings is 1. The first-order valence-electron chi connectivity index (χ1n) is 4.45. The van der Waals surface area contributed by atoms with Gasteiger partial charge in [0.05, 0.1) is 19.0 Å². The minimum atomic E-state index is 0.619. The molecule has 0 unspecified atom stereocenters. The summed E-state index contributed by atoms with van der Waals surface area (Å²) in [4.78, 5) is 4.11. The lowest BCUT2D eigenvalue weighted by molar-refractivity contribution is 0.321. The van der Waals surface area contributed by atoms with E-state index in [-0.39, 0.29) is 0 Å². The van der Waals surface area contributed by atoms with E-state index in [4.69, 9.17) is 9.94 Å². The summed E-state index contributed by atoms with van der Waals surface area (Å²) in [5, 5.41) is 13.4. The first-order chi connectivity index (χ1) is 7.35. The molecular weight excluding hydrogens is 192 g/mol. The molecule has 76 valence electrons. The van der Waals surface area contributed by atoms with Crippen LogP contribution in [0.25, 0.3) is 10.8 Å². The summed E-state index contributed by atoms with van der Waals surface area (Å²) in [6.45, 7) is 0. The van der Waals surface area contributed by atoms with Crippen molar-refractivity contribution >= 4 is 17.0 Å². The molecule has 0 bridgehead atoms. The molecule has 0 aliphatic rings. The van der Waals surface area contributed by atoms with E-state index in [2.05, 4.69) is 10.1 Å². The van der Waals surface area contributed by atoms with Gasteiger partial charge in [-0.1, -0.05) is 11.2 Å². The first-order valence-corrected chi connectivity index (χ1v) is 4.45. The molecule has 0 saturated heterocycles. The number of rotatable bonds is 2. The number of fused-ring (bicyclic) bond motifs is 1. The van der Waals surface area contributed by atoms with Gasteiger partial charge in [-0.2, -0.15) is 0 Å². The van der Waals surface area contributed by atoms with Crippen LogP contribution in [0, 0.1) is 0 Å². The zero-order valence-electron chi connectivity index (χ0n) is 8.21. The van der Waals surface area contributed by atoms with Crippen LogP contribution < -0.4 is 4.74 Å². The van der Waals surface area contributed by atoms with Gasteiger partial charge in [0.25, 0.3) is 0 Å². The molecule has 1 aromatic carbocycles. The number of nitrogens with zero attached hydrogens (tertiary/aromatic N) is 2. The smallest absolute Gasteiger partial charge is 0.119 e. The van der Waals surface area contributed by atoms with E-state index in [0.29, 0.717) is 5.69 Å². The molecule has 0 saturated carbocycles. The van der Waals surface area contributed by atoms with Gasteiger partial charge in [-0.3, -0.25) is 4.98 Å². The van der Waals surface area contributed by atoms with Crippen LogP contribution in [0.15, 0.2) is 35.6 Å². The first kappa shape index (κ1) is 9.45. The molecule has 15 heavy (non-hydrogen) atoms. The van der Waals surface area contributed by atoms with Crippen LogP contribution in [0.1, 0.15) is 5.69 Å². The molecule has 0 aliphatic heterocycles. The van der Waals surface area contributed by atoms with E-state index in [1.807, 2.05) is 24.3 Å². The molecule has 0 atom stereocenters. The molecule has 1 N–H and O–H groups in total. The second-order valence-electron chi connectivity index (χ2n) is 3.03. The molecule has 4 nitrogen and oxygen atoms in total. The molecule has 0 fully saturated rings. The fourth-order valence-corrected chi connectivity index (χ4v) is 1.45. The van der Waals surface area contributed by atoms with Crippen LogP contribution in [-0.2, 0) is 0 Å². The highest BCUT2D eigenvalue weighted by Crippen LogP contribution is 2.21. The predicted molar refractivity (Wildman–Crippen MR) is 57.7 cm³/mol. The van der Waals surface area contributed by atoms with Gasteiger partial charge in [0.2, 0.25) is 0 Å². The van der Waals surface area contributed by atoms with E-state index < -0.39 is 0 Å². The third kappa shape index (κ3) is 1.74. The fraction of sp³-hybridized carbons (Fsp3) is 0.0909. The van der Waals surface area contributed by atoms with E-state index >= 15 is 0 Å². The third-order valence-electron chi connectivity index (χ3n) is 2.18. The van der Waals surface area contributed by atoms with Gasteiger partial charge < -0.3 is 9.94 Å². The highest BCUT2D eigenvalue weighted by atomic mass is 16.5. The van der Waals surface area contributed by atoms with Crippen molar-refractivity contribution in [3.05, 3.63) is 36.2 Å². The van der Waals surface area contributed by atoms with Gasteiger partial charge >= 0.3 is 0 Å². The van der Waals surface area contributed by atoms with E-state index in [9.17, 15) is 0 Å². The minimum absolute atomic E-state index is 0.619. The zero-order valence-corrected chi connectivity index (χ0v) is 8.21. The number of ether oxygens (including phenoxy) is 1. The Balaban J connectivity index is 2.70. The topological polar surface area (TPSA) is 54.7 Å². The van der Waals surface area contributed by atoms with Gasteiger partial charge in [0.15, 0.2) is 0 Å². The average molecular weight is 202 g/mol. The summed E-state index contributed by atoms with van der Waals surface area (Å²) < 4.78 is 5.12. The Kier molecular flexibility index (Phi) is 2.49. The summed E-state index contributed by atoms with van der Waals surface area (Å²) in [5.41, 5.74) is 0.619. The number of methoxy groups -OCH3 is 1. The fourth-order valence-electron chi connectivity index (χ4n) is 1.45. The maximum Gasteiger partial charge on any atom is 0.119 e. The summed E-state index contributed by atoms with van der Waals surface area (Å²) in [5.74, 6) is 0.753. The average Bonchev–Trinajstić information content (AvgIpc) is 2.29. The highest BCUT2D eigenvalue weighted by molar-refractivity contribution is 5.98. The molecule has 0 spiro atoms. The molecule has 2 aromatic rings. The molecule has 1 heterocycles. The molecule has 4 heteroatoms. The molecule has 0 aliphatic carbocycles. The number of aromatic nitrogens is 1. The second kappa shape index (κ2) is 3.96. The molecule has 1 aromatic heterocycles. The summed E-state index contributed by atoms with van der Waals surface area (Å²) in [6.07, 6.45) is 2.98. The number of hydrogen-bond donors (Lipinski definition) is 1. The summed E-state index contributed by atoms with van der Waals surface area (Å²) in [6, 6.07) is 7.57. The van der Waals surface area contributed by atoms with Crippen LogP contribution in [0.3, 0.4) is 0 Å². The van der Waals surface area contributed by atoms with Gasteiger partial charge in [-0.25, -0.2) is 0 Å². The van der Waals surface area contributed by atoms with Gasteiger partial charge in [-0.15, -0.1) is 0 Å². The molecule has 2 rings (SSSR count). The Morgan fingerprint density at radius 2 is 2.27 bits per heavy atom. The van der Waals surface area contributed by atoms with Crippen molar-refractivity contribution < 1.29 is 9.94 Å². The largest absolute Gasteiger partial charge is 0.497 e. The molecular formula is C11H10N2O2. The van der Waals surface area contributed by atoms with Crippen molar-refractivity contribution in [1.82, 2.24) is 4.98 Å². The lowest BCUT2D eigenvalue weighted by Crippen LogP contribution is -1.90. The number of benzene rings is 1. The molecule has 0 radical (unpaired) electrons. The third-order valence-corrected chi connectivity index (χ3v) is 2.18. The van der Waals surface area contributed by atoms with Crippen LogP contribution in [0.2, 0.25) is 0 Å². The maximum atomic E-state index is 8.50. The predicted octanol–water partition coefficient (Wildman–Crippen LogP) is 2.05. The van der Waals surface area contributed by atoms with E-state index in [1.54, 1.807) is 13.3 Å². The quantitative estimate of drug-likeness (QED) is 0.460. The van der Waals surface area contributed by atoms with E-state index in [1.165, 1.54) is 6.21 Å². The Bertz CT molecular complexity index is 509. The van der Waals surface area contributed by atoms with Crippen molar-refractivity contribution in [2.45, 2.75) is 0 Å². The Hall–Kier alpha value is -2.10. The van der Waals surface area contributed by atoms with Gasteiger partial charge in [0, 0.05) is 11.6 Å². The zero-order chi connectivity index (χ0) is 10.7. The van der Waals surface area contributed by atoms with Crippen LogP contribution >= 0.6 is 0 Å². The van der Waals surface area contributed by atoms with Gasteiger partial charge in [0.1, 0.15) is 5.75 Å². The van der Waals surface area contributed by atoms with Crippen LogP contribution in [-0.4, -0.2) is 23.5 Å². The van der Waals surface area contributed by atoms with Crippen molar-refractivity contribution in [2.24, 2.45) is 5.16 Å². The SMILES string of the molecule is COc1ccc2ccnc(/C=N\O)c2c1. The second-order valence-corrected chi connectivity index (χ2v) is 3.03. The maximum absolute atomic E-state index is 8.50. The Labute approximate surface area is 86.8 Å². The van der Waals surface area contributed by atoms with Gasteiger partial charge in [-0.05, 0) is 23.6 Å². The Morgan fingerprint density at radius 3 is 3.00 bits per heavy atom. The summed E-state index contributed by atoms with van der Waals surface area (Å²) in [7, 11) is 1.61. The van der Waals surface area contributed by atoms with Crippen molar-refractivity contribution in [3.8, 4) is 5.75 Å². The van der Waals surface area contributed by atoms with Crippen LogP contribution in [0.5, 0.6) is 5.75 Å². The summed E-state index contributed by atoms with van der Waals surface area (Å²) >= 11 is 0. The Morgan fingerprint density at radius 1 is 1.40 bits per heavy atom.